The van der Waals surface area contributed by atoms with Crippen molar-refractivity contribution in [2.24, 2.45) is 7.05 Å². The van der Waals surface area contributed by atoms with E-state index >= 15 is 0 Å². The summed E-state index contributed by atoms with van der Waals surface area (Å²) in [6, 6.07) is 12.1. The van der Waals surface area contributed by atoms with Gasteiger partial charge >= 0.3 is 0 Å². The predicted octanol–water partition coefficient (Wildman–Crippen LogP) is 5.09. The fourth-order valence-electron chi connectivity index (χ4n) is 4.52. The van der Waals surface area contributed by atoms with Gasteiger partial charge in [0.2, 0.25) is 0 Å². The molecule has 2 aromatic carbocycles. The van der Waals surface area contributed by atoms with Gasteiger partial charge in [-0.1, -0.05) is 0 Å². The van der Waals surface area contributed by atoms with Crippen molar-refractivity contribution in [1.29, 1.82) is 0 Å². The molecule has 0 amide bonds. The van der Waals surface area contributed by atoms with E-state index in [1.165, 1.54) is 0 Å². The van der Waals surface area contributed by atoms with Crippen molar-refractivity contribution in [1.82, 2.24) is 29.3 Å². The molecular formula is C28H31N7O2. The van der Waals surface area contributed by atoms with Gasteiger partial charge < -0.3 is 18.9 Å². The summed E-state index contributed by atoms with van der Waals surface area (Å²) in [5.74, 6) is 2.50. The zero-order chi connectivity index (χ0) is 25.9. The molecule has 0 aliphatic heterocycles. The van der Waals surface area contributed by atoms with Crippen LogP contribution in [0.5, 0.6) is 11.5 Å². The Morgan fingerprint density at radius 1 is 0.865 bits per heavy atom. The van der Waals surface area contributed by atoms with Crippen molar-refractivity contribution < 1.29 is 9.47 Å². The molecule has 0 atom stereocenters. The monoisotopic (exact) mass is 497 g/mol. The largest absolute Gasteiger partial charge is 0.497 e. The lowest BCUT2D eigenvalue weighted by molar-refractivity contribution is 0.394. The Balaban J connectivity index is 1.53. The van der Waals surface area contributed by atoms with Crippen molar-refractivity contribution in [3.05, 3.63) is 72.7 Å². The molecule has 0 saturated carbocycles. The van der Waals surface area contributed by atoms with Gasteiger partial charge in [-0.25, -0.2) is 9.97 Å². The maximum absolute atomic E-state index is 5.57. The molecule has 0 aliphatic rings. The highest BCUT2D eigenvalue weighted by atomic mass is 16.5. The predicted molar refractivity (Wildman–Crippen MR) is 145 cm³/mol. The Bertz CT molecular complexity index is 1500. The summed E-state index contributed by atoms with van der Waals surface area (Å²) < 4.78 is 15.1. The van der Waals surface area contributed by atoms with Crippen LogP contribution in [0.1, 0.15) is 17.9 Å². The second kappa shape index (κ2) is 10.3. The van der Waals surface area contributed by atoms with Gasteiger partial charge in [0.05, 0.1) is 43.3 Å². The highest BCUT2D eigenvalue weighted by Gasteiger charge is 2.15. The first-order valence-corrected chi connectivity index (χ1v) is 12.2. The third kappa shape index (κ3) is 5.11. The molecule has 190 valence electrons. The van der Waals surface area contributed by atoms with Crippen LogP contribution in [-0.4, -0.2) is 50.1 Å². The molecule has 37 heavy (non-hydrogen) atoms. The third-order valence-corrected chi connectivity index (χ3v) is 6.50. The number of aryl methyl sites for hydroxylation is 3. The van der Waals surface area contributed by atoms with E-state index in [0.717, 1.165) is 76.2 Å². The lowest BCUT2D eigenvalue weighted by Crippen LogP contribution is -2.20. The minimum Gasteiger partial charge on any atom is -0.497 e. The first kappa shape index (κ1) is 24.3. The maximum Gasteiger partial charge on any atom is 0.124 e. The van der Waals surface area contributed by atoms with E-state index < -0.39 is 0 Å². The zero-order valence-corrected chi connectivity index (χ0v) is 21.8. The summed E-state index contributed by atoms with van der Waals surface area (Å²) in [4.78, 5) is 16.3. The molecule has 0 bridgehead atoms. The summed E-state index contributed by atoms with van der Waals surface area (Å²) >= 11 is 0. The third-order valence-electron chi connectivity index (χ3n) is 6.50. The van der Waals surface area contributed by atoms with Gasteiger partial charge in [-0.2, -0.15) is 5.10 Å². The summed E-state index contributed by atoms with van der Waals surface area (Å²) in [6.07, 6.45) is 8.36. The minimum atomic E-state index is 0.736. The van der Waals surface area contributed by atoms with Gasteiger partial charge in [-0.05, 0) is 38.5 Å². The number of anilines is 2. The molecule has 0 aliphatic carbocycles. The number of aromatic nitrogens is 6. The van der Waals surface area contributed by atoms with E-state index in [2.05, 4.69) is 43.6 Å². The molecule has 0 fully saturated rings. The molecule has 5 rings (SSSR count). The van der Waals surface area contributed by atoms with Gasteiger partial charge in [-0.3, -0.25) is 9.67 Å². The van der Waals surface area contributed by atoms with Crippen molar-refractivity contribution in [2.75, 3.05) is 25.7 Å². The number of methoxy groups -OCH3 is 2. The fraction of sp³-hybridized carbons (Fsp3) is 0.286. The summed E-state index contributed by atoms with van der Waals surface area (Å²) in [5.41, 5.74) is 6.53. The summed E-state index contributed by atoms with van der Waals surface area (Å²) in [7, 11) is 5.22. The molecule has 5 aromatic rings. The molecule has 0 radical (unpaired) electrons. The number of fused-ring (bicyclic) bond motifs is 1. The van der Waals surface area contributed by atoms with Gasteiger partial charge in [-0.15, -0.1) is 0 Å². The van der Waals surface area contributed by atoms with Crippen molar-refractivity contribution in [2.45, 2.75) is 26.8 Å². The molecule has 0 spiro atoms. The number of hydrogen-bond acceptors (Lipinski definition) is 7. The number of hydrogen-bond donors (Lipinski definition) is 0. The van der Waals surface area contributed by atoms with E-state index in [-0.39, 0.29) is 0 Å². The standard InChI is InChI=1S/C28H31N7O2/c1-19-15-29-20(2)34(19)9-6-10-35(23-11-24(36-4)14-25(12-23)37-5)22-7-8-26-27(13-22)32-28(17-30-26)21-16-31-33(3)18-21/h7-8,11-18H,6,9-10H2,1-5H3. The van der Waals surface area contributed by atoms with Gasteiger partial charge in [0.25, 0.3) is 0 Å². The van der Waals surface area contributed by atoms with Crippen molar-refractivity contribution in [3.8, 4) is 22.8 Å². The summed E-state index contributed by atoms with van der Waals surface area (Å²) in [6.45, 7) is 5.77. The number of rotatable bonds is 9. The smallest absolute Gasteiger partial charge is 0.124 e. The van der Waals surface area contributed by atoms with Crippen LogP contribution in [0.4, 0.5) is 11.4 Å². The van der Waals surface area contributed by atoms with E-state index in [1.54, 1.807) is 31.3 Å². The van der Waals surface area contributed by atoms with Crippen LogP contribution in [0.2, 0.25) is 0 Å². The van der Waals surface area contributed by atoms with E-state index in [4.69, 9.17) is 14.5 Å². The van der Waals surface area contributed by atoms with Gasteiger partial charge in [0.1, 0.15) is 17.3 Å². The van der Waals surface area contributed by atoms with Crippen LogP contribution in [0.15, 0.2) is 61.2 Å². The Labute approximate surface area is 216 Å². The SMILES string of the molecule is COc1cc(OC)cc(N(CCCn2c(C)cnc2C)c2ccc3ncc(-c4cnn(C)c4)nc3c2)c1. The molecule has 9 nitrogen and oxygen atoms in total. The Morgan fingerprint density at radius 3 is 2.30 bits per heavy atom. The van der Waals surface area contributed by atoms with Crippen LogP contribution in [-0.2, 0) is 13.6 Å². The van der Waals surface area contributed by atoms with Crippen LogP contribution >= 0.6 is 0 Å². The van der Waals surface area contributed by atoms with Gasteiger partial charge in [0.15, 0.2) is 0 Å². The average Bonchev–Trinajstić information content (AvgIpc) is 3.50. The van der Waals surface area contributed by atoms with Crippen molar-refractivity contribution >= 4 is 22.4 Å². The quantitative estimate of drug-likeness (QED) is 0.280. The second-order valence-electron chi connectivity index (χ2n) is 9.01. The number of ether oxygens (including phenoxy) is 2. The Kier molecular flexibility index (Phi) is 6.76. The minimum absolute atomic E-state index is 0.736. The van der Waals surface area contributed by atoms with Crippen LogP contribution in [0.3, 0.4) is 0 Å². The molecule has 3 heterocycles. The second-order valence-corrected chi connectivity index (χ2v) is 9.01. The Hall–Kier alpha value is -4.40. The number of benzene rings is 2. The first-order valence-electron chi connectivity index (χ1n) is 12.2. The van der Waals surface area contributed by atoms with Crippen LogP contribution in [0, 0.1) is 13.8 Å². The van der Waals surface area contributed by atoms with E-state index in [9.17, 15) is 0 Å². The van der Waals surface area contributed by atoms with E-state index in [1.807, 2.05) is 50.6 Å². The van der Waals surface area contributed by atoms with Crippen LogP contribution < -0.4 is 14.4 Å². The molecule has 3 aromatic heterocycles. The average molecular weight is 498 g/mol. The lowest BCUT2D eigenvalue weighted by Gasteiger charge is -2.26. The number of imidazole rings is 1. The topological polar surface area (TPSA) is 83.1 Å². The van der Waals surface area contributed by atoms with E-state index in [0.29, 0.717) is 0 Å². The normalized spacial score (nSPS) is 11.2. The molecule has 9 heteroatoms. The van der Waals surface area contributed by atoms with Gasteiger partial charge in [0, 0.05) is 73.4 Å². The first-order chi connectivity index (χ1) is 17.9. The molecule has 0 saturated heterocycles. The fourth-order valence-corrected chi connectivity index (χ4v) is 4.52. The highest BCUT2D eigenvalue weighted by Crippen LogP contribution is 2.34. The summed E-state index contributed by atoms with van der Waals surface area (Å²) in [5, 5.41) is 4.27. The molecule has 0 unspecified atom stereocenters. The van der Waals surface area contributed by atoms with Crippen LogP contribution in [0.25, 0.3) is 22.3 Å². The lowest BCUT2D eigenvalue weighted by atomic mass is 10.1. The van der Waals surface area contributed by atoms with Crippen molar-refractivity contribution in [3.63, 3.8) is 0 Å². The molecule has 0 N–H and O–H groups in total. The number of nitrogens with zero attached hydrogens (tertiary/aromatic N) is 7. The zero-order valence-electron chi connectivity index (χ0n) is 21.8. The Morgan fingerprint density at radius 2 is 1.65 bits per heavy atom. The maximum atomic E-state index is 5.57. The highest BCUT2D eigenvalue weighted by molar-refractivity contribution is 5.82. The molecular weight excluding hydrogens is 466 g/mol.